The highest BCUT2D eigenvalue weighted by Gasteiger charge is 2.05. The van der Waals surface area contributed by atoms with Crippen LogP contribution in [0.5, 0.6) is 0 Å². The molecule has 2 rings (SSSR count). The summed E-state index contributed by atoms with van der Waals surface area (Å²) in [6.07, 6.45) is 2.12. The maximum absolute atomic E-state index is 2.29. The fourth-order valence-corrected chi connectivity index (χ4v) is 3.46. The Morgan fingerprint density at radius 1 is 1.54 bits per heavy atom. The average molecular weight is 229 g/mol. The van der Waals surface area contributed by atoms with Crippen molar-refractivity contribution in [2.45, 2.75) is 5.75 Å². The zero-order chi connectivity index (χ0) is 9.26. The topological polar surface area (TPSA) is 4.93 Å². The van der Waals surface area contributed by atoms with Crippen LogP contribution >= 0.6 is 32.9 Å². The first-order valence-electron chi connectivity index (χ1n) is 4.00. The predicted octanol–water partition coefficient (Wildman–Crippen LogP) is 3.75. The van der Waals surface area contributed by atoms with Gasteiger partial charge in [-0.05, 0) is 23.8 Å². The maximum atomic E-state index is 2.29. The van der Waals surface area contributed by atoms with Gasteiger partial charge in [0.25, 0.3) is 0 Å². The van der Waals surface area contributed by atoms with Crippen LogP contribution in [-0.2, 0) is 12.8 Å². The molecule has 0 unspecified atom stereocenters. The fraction of sp³-hybridized carbons (Fsp3) is 0.333. The standard InChI is InChI=1S/C9H11NS3/c1-10-7(6-13-11-2)5-9-8(10)3-4-12-9/h3-5H,6H2,1-2H3. The van der Waals surface area contributed by atoms with E-state index in [0.717, 1.165) is 5.75 Å². The van der Waals surface area contributed by atoms with Crippen LogP contribution in [0, 0.1) is 0 Å². The Kier molecular flexibility index (Phi) is 2.91. The number of nitrogens with zero attached hydrogens (tertiary/aromatic N) is 1. The lowest BCUT2D eigenvalue weighted by molar-refractivity contribution is 0.911. The van der Waals surface area contributed by atoms with Crippen molar-refractivity contribution in [2.24, 2.45) is 7.05 Å². The molecule has 0 aliphatic heterocycles. The summed E-state index contributed by atoms with van der Waals surface area (Å²) in [6, 6.07) is 4.48. The summed E-state index contributed by atoms with van der Waals surface area (Å²) in [4.78, 5) is 0. The minimum atomic E-state index is 1.10. The number of fused-ring (bicyclic) bond motifs is 1. The van der Waals surface area contributed by atoms with E-state index in [1.807, 2.05) is 32.9 Å². The van der Waals surface area contributed by atoms with Crippen LogP contribution in [-0.4, -0.2) is 10.8 Å². The van der Waals surface area contributed by atoms with Crippen molar-refractivity contribution in [3.8, 4) is 0 Å². The molecule has 70 valence electrons. The van der Waals surface area contributed by atoms with Gasteiger partial charge in [-0.2, -0.15) is 0 Å². The van der Waals surface area contributed by atoms with E-state index in [1.54, 1.807) is 0 Å². The highest BCUT2D eigenvalue weighted by atomic mass is 33.1. The Bertz CT molecular complexity index is 402. The van der Waals surface area contributed by atoms with E-state index in [0.29, 0.717) is 0 Å². The Morgan fingerprint density at radius 3 is 3.08 bits per heavy atom. The quantitative estimate of drug-likeness (QED) is 0.739. The van der Waals surface area contributed by atoms with Crippen LogP contribution in [0.25, 0.3) is 10.2 Å². The van der Waals surface area contributed by atoms with E-state index in [2.05, 4.69) is 35.4 Å². The van der Waals surface area contributed by atoms with Crippen molar-refractivity contribution in [1.82, 2.24) is 4.57 Å². The largest absolute Gasteiger partial charge is 0.346 e. The second-order valence-corrected chi connectivity index (χ2v) is 6.31. The fourth-order valence-electron chi connectivity index (χ4n) is 1.36. The van der Waals surface area contributed by atoms with Crippen LogP contribution in [0.4, 0.5) is 0 Å². The predicted molar refractivity (Wildman–Crippen MR) is 65.6 cm³/mol. The minimum Gasteiger partial charge on any atom is -0.346 e. The third-order valence-corrected chi connectivity index (χ3v) is 4.65. The Labute approximate surface area is 89.9 Å². The van der Waals surface area contributed by atoms with Crippen LogP contribution in [0.1, 0.15) is 5.69 Å². The second-order valence-electron chi connectivity index (χ2n) is 2.79. The first kappa shape index (κ1) is 9.49. The summed E-state index contributed by atoms with van der Waals surface area (Å²) in [7, 11) is 5.86. The normalized spacial score (nSPS) is 11.2. The van der Waals surface area contributed by atoms with Gasteiger partial charge >= 0.3 is 0 Å². The molecule has 1 nitrogen and oxygen atoms in total. The molecule has 0 N–H and O–H groups in total. The van der Waals surface area contributed by atoms with Crippen molar-refractivity contribution >= 4 is 43.1 Å². The van der Waals surface area contributed by atoms with E-state index in [1.165, 1.54) is 15.9 Å². The monoisotopic (exact) mass is 229 g/mol. The third kappa shape index (κ3) is 1.75. The number of hydrogen-bond donors (Lipinski definition) is 0. The van der Waals surface area contributed by atoms with Crippen molar-refractivity contribution in [3.05, 3.63) is 23.2 Å². The van der Waals surface area contributed by atoms with E-state index < -0.39 is 0 Å². The molecular formula is C9H11NS3. The van der Waals surface area contributed by atoms with Crippen LogP contribution in [0.15, 0.2) is 17.5 Å². The van der Waals surface area contributed by atoms with Gasteiger partial charge in [0.15, 0.2) is 0 Å². The molecule has 2 aromatic rings. The van der Waals surface area contributed by atoms with Crippen LogP contribution in [0.2, 0.25) is 0 Å². The Morgan fingerprint density at radius 2 is 2.38 bits per heavy atom. The molecule has 0 aliphatic rings. The van der Waals surface area contributed by atoms with Crippen molar-refractivity contribution < 1.29 is 0 Å². The molecule has 0 fully saturated rings. The molecule has 0 aromatic carbocycles. The van der Waals surface area contributed by atoms with Gasteiger partial charge in [-0.15, -0.1) is 11.3 Å². The summed E-state index contributed by atoms with van der Waals surface area (Å²) >= 11 is 1.82. The summed E-state index contributed by atoms with van der Waals surface area (Å²) < 4.78 is 3.69. The Balaban J connectivity index is 2.34. The molecule has 0 aliphatic carbocycles. The minimum absolute atomic E-state index is 1.10. The highest BCUT2D eigenvalue weighted by molar-refractivity contribution is 8.76. The molecule has 13 heavy (non-hydrogen) atoms. The number of hydrogen-bond acceptors (Lipinski definition) is 3. The smallest absolute Gasteiger partial charge is 0.0589 e. The molecular weight excluding hydrogens is 218 g/mol. The lowest BCUT2D eigenvalue weighted by atomic mass is 10.5. The Hall–Kier alpha value is -0.0600. The molecule has 0 bridgehead atoms. The highest BCUT2D eigenvalue weighted by Crippen LogP contribution is 2.29. The number of thiophene rings is 1. The van der Waals surface area contributed by atoms with Gasteiger partial charge in [0.1, 0.15) is 0 Å². The summed E-state index contributed by atoms with van der Waals surface area (Å²) in [5, 5.41) is 2.15. The zero-order valence-corrected chi connectivity index (χ0v) is 10.1. The summed E-state index contributed by atoms with van der Waals surface area (Å²) in [6.45, 7) is 0. The molecule has 0 saturated heterocycles. The van der Waals surface area contributed by atoms with Crippen LogP contribution < -0.4 is 0 Å². The molecule has 2 heterocycles. The van der Waals surface area contributed by atoms with E-state index in [4.69, 9.17) is 0 Å². The molecule has 2 aromatic heterocycles. The molecule has 0 spiro atoms. The zero-order valence-electron chi connectivity index (χ0n) is 7.61. The van der Waals surface area contributed by atoms with Gasteiger partial charge in [-0.3, -0.25) is 0 Å². The molecule has 0 saturated carbocycles. The number of aryl methyl sites for hydroxylation is 1. The molecule has 4 heteroatoms. The average Bonchev–Trinajstić information content (AvgIpc) is 2.67. The van der Waals surface area contributed by atoms with Gasteiger partial charge in [-0.25, -0.2) is 0 Å². The first-order valence-corrected chi connectivity index (χ1v) is 7.61. The molecule has 0 amide bonds. The van der Waals surface area contributed by atoms with Crippen molar-refractivity contribution in [1.29, 1.82) is 0 Å². The lowest BCUT2D eigenvalue weighted by Crippen LogP contribution is -1.92. The van der Waals surface area contributed by atoms with Crippen LogP contribution in [0.3, 0.4) is 0 Å². The second kappa shape index (κ2) is 3.98. The number of aromatic nitrogens is 1. The summed E-state index contributed by atoms with van der Waals surface area (Å²) in [5.74, 6) is 1.10. The molecule has 0 atom stereocenters. The van der Waals surface area contributed by atoms with Gasteiger partial charge in [-0.1, -0.05) is 21.6 Å². The SMILES string of the molecule is CSSCc1cc2sccc2n1C. The van der Waals surface area contributed by atoms with E-state index in [-0.39, 0.29) is 0 Å². The van der Waals surface area contributed by atoms with Crippen molar-refractivity contribution in [2.75, 3.05) is 6.26 Å². The molecule has 0 radical (unpaired) electrons. The van der Waals surface area contributed by atoms with E-state index in [9.17, 15) is 0 Å². The lowest BCUT2D eigenvalue weighted by Gasteiger charge is -2.01. The van der Waals surface area contributed by atoms with Crippen molar-refractivity contribution in [3.63, 3.8) is 0 Å². The third-order valence-electron chi connectivity index (χ3n) is 2.09. The van der Waals surface area contributed by atoms with Gasteiger partial charge in [0, 0.05) is 18.5 Å². The maximum Gasteiger partial charge on any atom is 0.0589 e. The summed E-state index contributed by atoms with van der Waals surface area (Å²) in [5.41, 5.74) is 2.78. The van der Waals surface area contributed by atoms with Gasteiger partial charge in [0.05, 0.1) is 10.2 Å². The first-order chi connectivity index (χ1) is 6.33. The van der Waals surface area contributed by atoms with Gasteiger partial charge in [0.2, 0.25) is 0 Å². The van der Waals surface area contributed by atoms with Gasteiger partial charge < -0.3 is 4.57 Å². The van der Waals surface area contributed by atoms with E-state index >= 15 is 0 Å². The number of rotatable bonds is 3.